The standard InChI is InChI=1S/C20H28O2/c1-4-5-6-14-9-10-20(2)18-12-16(22-3)8-7-15(18)11-17(14)19(20)13-21/h7-8,12-14,17,19H,4-6,9-11H2,1-3H3. The highest BCUT2D eigenvalue weighted by molar-refractivity contribution is 5.62. The number of benzene rings is 1. The van der Waals surface area contributed by atoms with Crippen LogP contribution in [0, 0.1) is 17.8 Å². The maximum atomic E-state index is 11.9. The molecule has 2 heteroatoms. The second kappa shape index (κ2) is 6.06. The van der Waals surface area contributed by atoms with Crippen molar-refractivity contribution in [2.24, 2.45) is 17.8 Å². The highest BCUT2D eigenvalue weighted by Crippen LogP contribution is 2.55. The lowest BCUT2D eigenvalue weighted by Crippen LogP contribution is -2.49. The molecular formula is C20H28O2. The maximum absolute atomic E-state index is 11.9. The summed E-state index contributed by atoms with van der Waals surface area (Å²) in [5.74, 6) is 2.33. The number of hydrogen-bond donors (Lipinski definition) is 0. The first-order valence-electron chi connectivity index (χ1n) is 8.76. The second-order valence-corrected chi connectivity index (χ2v) is 7.41. The van der Waals surface area contributed by atoms with Gasteiger partial charge in [0.15, 0.2) is 0 Å². The smallest absolute Gasteiger partial charge is 0.124 e. The predicted molar refractivity (Wildman–Crippen MR) is 89.3 cm³/mol. The number of rotatable bonds is 5. The number of ether oxygens (including phenoxy) is 1. The Hall–Kier alpha value is -1.31. The second-order valence-electron chi connectivity index (χ2n) is 7.41. The van der Waals surface area contributed by atoms with Gasteiger partial charge in [-0.25, -0.2) is 0 Å². The van der Waals surface area contributed by atoms with E-state index in [0.29, 0.717) is 5.92 Å². The van der Waals surface area contributed by atoms with E-state index in [1.54, 1.807) is 7.11 Å². The van der Waals surface area contributed by atoms with Gasteiger partial charge in [-0.3, -0.25) is 0 Å². The summed E-state index contributed by atoms with van der Waals surface area (Å²) in [6.07, 6.45) is 8.54. The molecule has 1 aromatic rings. The van der Waals surface area contributed by atoms with Crippen LogP contribution in [0.1, 0.15) is 57.1 Å². The third kappa shape index (κ3) is 2.37. The van der Waals surface area contributed by atoms with E-state index >= 15 is 0 Å². The number of aldehydes is 1. The van der Waals surface area contributed by atoms with E-state index in [4.69, 9.17) is 4.74 Å². The molecule has 1 fully saturated rings. The minimum absolute atomic E-state index is 0.00272. The summed E-state index contributed by atoms with van der Waals surface area (Å²) in [7, 11) is 1.72. The molecule has 1 aromatic carbocycles. The zero-order chi connectivity index (χ0) is 15.7. The Morgan fingerprint density at radius 3 is 2.91 bits per heavy atom. The molecule has 0 radical (unpaired) electrons. The number of methoxy groups -OCH3 is 1. The average molecular weight is 300 g/mol. The van der Waals surface area contributed by atoms with Crippen molar-refractivity contribution < 1.29 is 9.53 Å². The van der Waals surface area contributed by atoms with Crippen LogP contribution in [0.4, 0.5) is 0 Å². The lowest BCUT2D eigenvalue weighted by molar-refractivity contribution is -0.118. The topological polar surface area (TPSA) is 26.3 Å². The molecule has 4 atom stereocenters. The van der Waals surface area contributed by atoms with Gasteiger partial charge in [0.2, 0.25) is 0 Å². The van der Waals surface area contributed by atoms with Gasteiger partial charge in [0.05, 0.1) is 7.11 Å². The molecular weight excluding hydrogens is 272 g/mol. The molecule has 0 heterocycles. The molecule has 2 aliphatic carbocycles. The molecule has 0 spiro atoms. The quantitative estimate of drug-likeness (QED) is 0.746. The fourth-order valence-electron chi connectivity index (χ4n) is 4.96. The van der Waals surface area contributed by atoms with E-state index in [1.807, 2.05) is 0 Å². The van der Waals surface area contributed by atoms with Crippen molar-refractivity contribution in [3.8, 4) is 5.75 Å². The molecule has 0 amide bonds. The Bertz CT molecular complexity index is 551. The van der Waals surface area contributed by atoms with Crippen molar-refractivity contribution in [2.45, 2.75) is 57.8 Å². The van der Waals surface area contributed by atoms with Crippen molar-refractivity contribution in [3.05, 3.63) is 29.3 Å². The predicted octanol–water partition coefficient (Wildman–Crippen LogP) is 4.54. The molecule has 3 rings (SSSR count). The highest BCUT2D eigenvalue weighted by atomic mass is 16.5. The summed E-state index contributed by atoms with van der Waals surface area (Å²) in [5, 5.41) is 0. The summed E-state index contributed by atoms with van der Waals surface area (Å²) >= 11 is 0. The lowest BCUT2D eigenvalue weighted by Gasteiger charge is -2.52. The van der Waals surface area contributed by atoms with Gasteiger partial charge in [-0.1, -0.05) is 39.2 Å². The van der Waals surface area contributed by atoms with Crippen LogP contribution in [0.25, 0.3) is 0 Å². The van der Waals surface area contributed by atoms with Crippen molar-refractivity contribution in [1.82, 2.24) is 0 Å². The lowest BCUT2D eigenvalue weighted by atomic mass is 9.51. The summed E-state index contributed by atoms with van der Waals surface area (Å²) in [4.78, 5) is 11.9. The highest BCUT2D eigenvalue weighted by Gasteiger charge is 2.50. The molecule has 0 N–H and O–H groups in total. The van der Waals surface area contributed by atoms with Crippen LogP contribution >= 0.6 is 0 Å². The molecule has 4 unspecified atom stereocenters. The zero-order valence-corrected chi connectivity index (χ0v) is 14.1. The normalized spacial score (nSPS) is 33.1. The largest absolute Gasteiger partial charge is 0.497 e. The summed E-state index contributed by atoms with van der Waals surface area (Å²) in [6, 6.07) is 6.47. The Labute approximate surface area is 134 Å². The van der Waals surface area contributed by atoms with E-state index in [-0.39, 0.29) is 11.3 Å². The molecule has 0 aromatic heterocycles. The van der Waals surface area contributed by atoms with Gasteiger partial charge in [0, 0.05) is 11.3 Å². The number of unbranched alkanes of at least 4 members (excludes halogenated alkanes) is 1. The van der Waals surface area contributed by atoms with E-state index in [0.717, 1.165) is 24.5 Å². The Morgan fingerprint density at radius 1 is 1.41 bits per heavy atom. The van der Waals surface area contributed by atoms with Crippen LogP contribution in [-0.2, 0) is 16.6 Å². The SMILES string of the molecule is CCCCC1CCC2(C)c3cc(OC)ccc3CC1C2C=O. The maximum Gasteiger partial charge on any atom is 0.124 e. The van der Waals surface area contributed by atoms with Gasteiger partial charge >= 0.3 is 0 Å². The monoisotopic (exact) mass is 300 g/mol. The van der Waals surface area contributed by atoms with Gasteiger partial charge in [-0.2, -0.15) is 0 Å². The Balaban J connectivity index is 2.00. The third-order valence-electron chi connectivity index (χ3n) is 6.30. The van der Waals surface area contributed by atoms with Crippen LogP contribution in [-0.4, -0.2) is 13.4 Å². The zero-order valence-electron chi connectivity index (χ0n) is 14.1. The van der Waals surface area contributed by atoms with Crippen LogP contribution < -0.4 is 4.74 Å². The molecule has 0 saturated heterocycles. The fraction of sp³-hybridized carbons (Fsp3) is 0.650. The Morgan fingerprint density at radius 2 is 2.23 bits per heavy atom. The number of fused-ring (bicyclic) bond motifs is 4. The molecule has 0 aliphatic heterocycles. The minimum Gasteiger partial charge on any atom is -0.497 e. The van der Waals surface area contributed by atoms with Crippen LogP contribution in [0.5, 0.6) is 5.75 Å². The van der Waals surface area contributed by atoms with Gasteiger partial charge < -0.3 is 9.53 Å². The van der Waals surface area contributed by atoms with Crippen molar-refractivity contribution in [1.29, 1.82) is 0 Å². The third-order valence-corrected chi connectivity index (χ3v) is 6.30. The fourth-order valence-corrected chi connectivity index (χ4v) is 4.96. The van der Waals surface area contributed by atoms with E-state index < -0.39 is 0 Å². The van der Waals surface area contributed by atoms with Crippen LogP contribution in [0.3, 0.4) is 0 Å². The summed E-state index contributed by atoms with van der Waals surface area (Å²) in [5.41, 5.74) is 2.79. The van der Waals surface area contributed by atoms with E-state index in [2.05, 4.69) is 32.0 Å². The number of hydrogen-bond acceptors (Lipinski definition) is 2. The van der Waals surface area contributed by atoms with E-state index in [1.165, 1.54) is 43.1 Å². The molecule has 2 aliphatic rings. The number of carbonyl (C=O) groups excluding carboxylic acids is 1. The first-order valence-corrected chi connectivity index (χ1v) is 8.76. The molecule has 2 nitrogen and oxygen atoms in total. The summed E-state index contributed by atoms with van der Waals surface area (Å²) in [6.45, 7) is 4.55. The van der Waals surface area contributed by atoms with Crippen LogP contribution in [0.2, 0.25) is 0 Å². The summed E-state index contributed by atoms with van der Waals surface area (Å²) < 4.78 is 5.42. The van der Waals surface area contributed by atoms with Crippen molar-refractivity contribution in [3.63, 3.8) is 0 Å². The molecule has 2 bridgehead atoms. The van der Waals surface area contributed by atoms with Crippen molar-refractivity contribution >= 4 is 6.29 Å². The average Bonchev–Trinajstić information content (AvgIpc) is 2.54. The van der Waals surface area contributed by atoms with Gasteiger partial charge in [0.25, 0.3) is 0 Å². The first kappa shape index (κ1) is 15.6. The molecule has 120 valence electrons. The van der Waals surface area contributed by atoms with Gasteiger partial charge in [-0.15, -0.1) is 0 Å². The van der Waals surface area contributed by atoms with Gasteiger partial charge in [0.1, 0.15) is 12.0 Å². The molecule has 1 saturated carbocycles. The Kier molecular flexibility index (Phi) is 4.29. The molecule has 22 heavy (non-hydrogen) atoms. The number of carbonyl (C=O) groups is 1. The van der Waals surface area contributed by atoms with Gasteiger partial charge in [-0.05, 0) is 54.4 Å². The van der Waals surface area contributed by atoms with Crippen LogP contribution in [0.15, 0.2) is 18.2 Å². The van der Waals surface area contributed by atoms with Crippen molar-refractivity contribution in [2.75, 3.05) is 7.11 Å². The van der Waals surface area contributed by atoms with E-state index in [9.17, 15) is 4.79 Å². The minimum atomic E-state index is -0.00272. The first-order chi connectivity index (χ1) is 10.6.